The number of nitrogens with zero attached hydrogens (tertiary/aromatic N) is 3. The zero-order chi connectivity index (χ0) is 24.0. The topological polar surface area (TPSA) is 67.2 Å². The van der Waals surface area contributed by atoms with Gasteiger partial charge in [0.05, 0.1) is 12.7 Å². The third-order valence-electron chi connectivity index (χ3n) is 6.80. The lowest BCUT2D eigenvalue weighted by molar-refractivity contribution is 0.101. The van der Waals surface area contributed by atoms with E-state index < -0.39 is 0 Å². The van der Waals surface area contributed by atoms with Crippen molar-refractivity contribution in [2.75, 3.05) is 46.9 Å². The molecule has 0 atom stereocenters. The normalized spacial score (nSPS) is 18.0. The molecule has 2 aliphatic heterocycles. The van der Waals surface area contributed by atoms with Gasteiger partial charge in [-0.25, -0.2) is 0 Å². The molecule has 1 N–H and O–H groups in total. The smallest absolute Gasteiger partial charge is 0.233 e. The number of benzene rings is 2. The Morgan fingerprint density at radius 1 is 1.15 bits per heavy atom. The van der Waals surface area contributed by atoms with Crippen LogP contribution in [0, 0.1) is 6.92 Å². The first-order valence-electron chi connectivity index (χ1n) is 11.4. The number of carbonyl (C=O) groups excluding carboxylic acids is 1. The van der Waals surface area contributed by atoms with E-state index in [-0.39, 0.29) is 17.3 Å². The number of ether oxygens (including phenoxy) is 2. The molecule has 1 saturated heterocycles. The number of phenolic OH excluding ortho intramolecular Hbond substituents is 1. The lowest BCUT2D eigenvalue weighted by atomic mass is 10.1. The molecule has 2 aliphatic rings. The number of methoxy groups -OCH3 is 1. The Kier molecular flexibility index (Phi) is 6.14. The highest BCUT2D eigenvalue weighted by molar-refractivity contribution is 9.10. The molecule has 5 rings (SSSR count). The summed E-state index contributed by atoms with van der Waals surface area (Å²) in [6, 6.07) is 9.03. The summed E-state index contributed by atoms with van der Waals surface area (Å²) in [5.74, 6) is 1.20. The third-order valence-corrected chi connectivity index (χ3v) is 7.43. The number of aromatic nitrogens is 1. The van der Waals surface area contributed by atoms with Crippen LogP contribution in [-0.4, -0.2) is 72.1 Å². The minimum absolute atomic E-state index is 0.0427. The van der Waals surface area contributed by atoms with E-state index in [0.717, 1.165) is 67.2 Å². The van der Waals surface area contributed by atoms with Crippen LogP contribution in [0.1, 0.15) is 21.6 Å². The van der Waals surface area contributed by atoms with E-state index in [4.69, 9.17) is 9.47 Å². The summed E-state index contributed by atoms with van der Waals surface area (Å²) < 4.78 is 14.2. The molecular weight excluding hydrogens is 498 g/mol. The number of Topliss-reactive ketones (excluding diaryl/α,β-unsaturated/α-hetero) is 1. The van der Waals surface area contributed by atoms with Gasteiger partial charge in [0.25, 0.3) is 0 Å². The molecule has 0 aliphatic carbocycles. The minimum Gasteiger partial charge on any atom is -0.508 e. The molecule has 3 heterocycles. The van der Waals surface area contributed by atoms with Crippen molar-refractivity contribution < 1.29 is 19.4 Å². The standard InChI is InChI=1S/C26H28BrN3O4/c1-16-19(15-24-26(32)25-21(27)12-17(31)13-23(25)34-24)20-14-18(33-3)4-5-22(20)30(16)11-10-29-8-6-28(2)7-9-29/h4-5,12-15,31H,6-11H2,1-3H3/b24-15-. The van der Waals surface area contributed by atoms with Crippen LogP contribution in [0.25, 0.3) is 17.0 Å². The molecule has 0 radical (unpaired) electrons. The highest BCUT2D eigenvalue weighted by Crippen LogP contribution is 2.41. The number of hydrogen-bond donors (Lipinski definition) is 1. The number of halogens is 1. The van der Waals surface area contributed by atoms with Crippen molar-refractivity contribution in [2.45, 2.75) is 13.5 Å². The number of rotatable bonds is 5. The Bertz CT molecular complexity index is 1310. The fourth-order valence-corrected chi connectivity index (χ4v) is 5.39. The quantitative estimate of drug-likeness (QED) is 0.501. The fourth-order valence-electron chi connectivity index (χ4n) is 4.78. The highest BCUT2D eigenvalue weighted by atomic mass is 79.9. The first-order valence-corrected chi connectivity index (χ1v) is 12.2. The predicted octanol–water partition coefficient (Wildman–Crippen LogP) is 4.29. The molecule has 0 spiro atoms. The van der Waals surface area contributed by atoms with Gasteiger partial charge in [0.15, 0.2) is 5.76 Å². The molecule has 1 fully saturated rings. The molecule has 0 amide bonds. The molecular formula is C26H28BrN3O4. The second-order valence-electron chi connectivity index (χ2n) is 8.92. The van der Waals surface area contributed by atoms with Crippen molar-refractivity contribution in [1.82, 2.24) is 14.4 Å². The first kappa shape index (κ1) is 23.0. The maximum atomic E-state index is 13.1. The Labute approximate surface area is 207 Å². The van der Waals surface area contributed by atoms with Gasteiger partial charge >= 0.3 is 0 Å². The number of aromatic hydroxyl groups is 1. The van der Waals surface area contributed by atoms with E-state index in [1.54, 1.807) is 7.11 Å². The minimum atomic E-state index is -0.206. The van der Waals surface area contributed by atoms with Gasteiger partial charge in [0.1, 0.15) is 17.2 Å². The number of fused-ring (bicyclic) bond motifs is 2. The van der Waals surface area contributed by atoms with Gasteiger partial charge in [-0.1, -0.05) is 0 Å². The maximum absolute atomic E-state index is 13.1. The number of phenols is 1. The van der Waals surface area contributed by atoms with Crippen molar-refractivity contribution in [3.63, 3.8) is 0 Å². The Morgan fingerprint density at radius 2 is 1.91 bits per heavy atom. The van der Waals surface area contributed by atoms with Crippen LogP contribution in [0.3, 0.4) is 0 Å². The van der Waals surface area contributed by atoms with Crippen LogP contribution in [-0.2, 0) is 6.54 Å². The van der Waals surface area contributed by atoms with Crippen molar-refractivity contribution in [2.24, 2.45) is 0 Å². The number of piperazine rings is 1. The molecule has 0 saturated carbocycles. The molecule has 0 unspecified atom stereocenters. The summed E-state index contributed by atoms with van der Waals surface area (Å²) in [7, 11) is 3.82. The molecule has 178 valence electrons. The second kappa shape index (κ2) is 9.09. The molecule has 34 heavy (non-hydrogen) atoms. The summed E-state index contributed by atoms with van der Waals surface area (Å²) in [6.45, 7) is 8.22. The monoisotopic (exact) mass is 525 g/mol. The van der Waals surface area contributed by atoms with Crippen LogP contribution >= 0.6 is 15.9 Å². The Morgan fingerprint density at radius 3 is 2.65 bits per heavy atom. The van der Waals surface area contributed by atoms with Crippen molar-refractivity contribution in [3.05, 3.63) is 57.4 Å². The van der Waals surface area contributed by atoms with E-state index in [0.29, 0.717) is 15.8 Å². The molecule has 8 heteroatoms. The molecule has 0 bridgehead atoms. The zero-order valence-electron chi connectivity index (χ0n) is 19.6. The lowest BCUT2D eigenvalue weighted by Crippen LogP contribution is -2.45. The predicted molar refractivity (Wildman–Crippen MR) is 136 cm³/mol. The highest BCUT2D eigenvalue weighted by Gasteiger charge is 2.31. The zero-order valence-corrected chi connectivity index (χ0v) is 21.2. The summed E-state index contributed by atoms with van der Waals surface area (Å²) in [4.78, 5) is 18.0. The van der Waals surface area contributed by atoms with Crippen LogP contribution < -0.4 is 9.47 Å². The average Bonchev–Trinajstić information content (AvgIpc) is 3.26. The van der Waals surface area contributed by atoms with E-state index in [9.17, 15) is 9.90 Å². The van der Waals surface area contributed by atoms with Gasteiger partial charge in [-0.05, 0) is 60.2 Å². The van der Waals surface area contributed by atoms with Crippen molar-refractivity contribution in [1.29, 1.82) is 0 Å². The van der Waals surface area contributed by atoms with Crippen LogP contribution in [0.5, 0.6) is 17.2 Å². The number of ketones is 1. The van der Waals surface area contributed by atoms with Gasteiger partial charge in [0.2, 0.25) is 5.78 Å². The van der Waals surface area contributed by atoms with Crippen molar-refractivity contribution >= 4 is 38.7 Å². The number of hydrogen-bond acceptors (Lipinski definition) is 6. The fraction of sp³-hybridized carbons (Fsp3) is 0.346. The van der Waals surface area contributed by atoms with Gasteiger partial charge < -0.3 is 24.0 Å². The maximum Gasteiger partial charge on any atom is 0.233 e. The summed E-state index contributed by atoms with van der Waals surface area (Å²) in [5, 5.41) is 10.9. The van der Waals surface area contributed by atoms with Gasteiger partial charge in [-0.2, -0.15) is 0 Å². The summed E-state index contributed by atoms with van der Waals surface area (Å²) in [5.41, 5.74) is 3.53. The molecule has 3 aromatic rings. The van der Waals surface area contributed by atoms with E-state index in [2.05, 4.69) is 50.3 Å². The van der Waals surface area contributed by atoms with E-state index >= 15 is 0 Å². The summed E-state index contributed by atoms with van der Waals surface area (Å²) in [6.07, 6.45) is 1.81. The number of carbonyl (C=O) groups is 1. The van der Waals surface area contributed by atoms with Crippen LogP contribution in [0.2, 0.25) is 0 Å². The molecule has 7 nitrogen and oxygen atoms in total. The van der Waals surface area contributed by atoms with Gasteiger partial charge in [0, 0.05) is 72.0 Å². The van der Waals surface area contributed by atoms with Gasteiger partial charge in [-0.3, -0.25) is 9.69 Å². The largest absolute Gasteiger partial charge is 0.508 e. The van der Waals surface area contributed by atoms with Crippen molar-refractivity contribution in [3.8, 4) is 17.2 Å². The molecule has 1 aromatic heterocycles. The van der Waals surface area contributed by atoms with E-state index in [1.165, 1.54) is 12.1 Å². The first-order chi connectivity index (χ1) is 16.4. The van der Waals surface area contributed by atoms with Gasteiger partial charge in [-0.15, -0.1) is 0 Å². The third kappa shape index (κ3) is 4.10. The Balaban J connectivity index is 1.52. The number of likely N-dealkylation sites (N-methyl/N-ethyl adjacent to an activating group) is 1. The Hall–Kier alpha value is -2.81. The SMILES string of the molecule is COc1ccc2c(c1)c(/C=C1\Oc3cc(O)cc(Br)c3C1=O)c(C)n2CCN1CCN(C)CC1. The van der Waals surface area contributed by atoms with Crippen LogP contribution in [0.15, 0.2) is 40.6 Å². The number of allylic oxidation sites excluding steroid dienone is 1. The van der Waals surface area contributed by atoms with E-state index in [1.807, 2.05) is 18.2 Å². The second-order valence-corrected chi connectivity index (χ2v) is 9.77. The lowest BCUT2D eigenvalue weighted by Gasteiger charge is -2.32. The van der Waals surface area contributed by atoms with Crippen LogP contribution in [0.4, 0.5) is 0 Å². The molecule has 2 aromatic carbocycles. The summed E-state index contributed by atoms with van der Waals surface area (Å²) >= 11 is 3.37. The average molecular weight is 526 g/mol.